The minimum atomic E-state index is -4.10. The Morgan fingerprint density at radius 2 is 1.51 bits per heavy atom. The van der Waals surface area contributed by atoms with Crippen LogP contribution in [0.1, 0.15) is 44.7 Å². The monoisotopic (exact) mass is 569 g/mol. The van der Waals surface area contributed by atoms with E-state index in [1.165, 1.54) is 17.0 Å². The number of para-hydroxylation sites is 1. The SMILES string of the molecule is CC[C@@H](C)NC(=O)[C@H](CC)N(Cc1ccccc1Cl)C(=O)CN(c1ccccc1)S(=O)(=O)c1ccc(C)cc1. The summed E-state index contributed by atoms with van der Waals surface area (Å²) in [5.41, 5.74) is 1.93. The minimum absolute atomic E-state index is 0.0537. The first-order valence-electron chi connectivity index (χ1n) is 13.1. The van der Waals surface area contributed by atoms with Crippen molar-refractivity contribution in [1.29, 1.82) is 0 Å². The summed E-state index contributed by atoms with van der Waals surface area (Å²) in [4.78, 5) is 28.8. The average Bonchev–Trinajstić information content (AvgIpc) is 2.93. The Hall–Kier alpha value is -3.36. The van der Waals surface area contributed by atoms with E-state index in [-0.39, 0.29) is 23.4 Å². The third kappa shape index (κ3) is 7.61. The van der Waals surface area contributed by atoms with Gasteiger partial charge in [-0.1, -0.05) is 79.5 Å². The third-order valence-electron chi connectivity index (χ3n) is 6.62. The Morgan fingerprint density at radius 1 is 0.897 bits per heavy atom. The van der Waals surface area contributed by atoms with Gasteiger partial charge < -0.3 is 10.2 Å². The molecule has 0 aromatic heterocycles. The molecule has 0 bridgehead atoms. The summed E-state index contributed by atoms with van der Waals surface area (Å²) >= 11 is 6.43. The highest BCUT2D eigenvalue weighted by molar-refractivity contribution is 7.92. The molecule has 2 amide bonds. The highest BCUT2D eigenvalue weighted by Crippen LogP contribution is 2.26. The number of halogens is 1. The van der Waals surface area contributed by atoms with Crippen molar-refractivity contribution in [3.05, 3.63) is 95.0 Å². The van der Waals surface area contributed by atoms with Crippen LogP contribution < -0.4 is 9.62 Å². The van der Waals surface area contributed by atoms with Crippen LogP contribution in [-0.2, 0) is 26.2 Å². The first-order valence-corrected chi connectivity index (χ1v) is 14.9. The van der Waals surface area contributed by atoms with Gasteiger partial charge in [-0.2, -0.15) is 0 Å². The summed E-state index contributed by atoms with van der Waals surface area (Å²) in [5, 5.41) is 3.42. The van der Waals surface area contributed by atoms with Crippen molar-refractivity contribution < 1.29 is 18.0 Å². The summed E-state index contributed by atoms with van der Waals surface area (Å²) in [5.74, 6) is -0.805. The van der Waals surface area contributed by atoms with Crippen LogP contribution in [0.25, 0.3) is 0 Å². The van der Waals surface area contributed by atoms with Crippen LogP contribution in [0, 0.1) is 6.92 Å². The molecular weight excluding hydrogens is 534 g/mol. The van der Waals surface area contributed by atoms with Crippen molar-refractivity contribution in [2.24, 2.45) is 0 Å². The predicted molar refractivity (Wildman–Crippen MR) is 156 cm³/mol. The number of anilines is 1. The quantitative estimate of drug-likeness (QED) is 0.309. The molecule has 0 unspecified atom stereocenters. The normalized spacial score (nSPS) is 12.8. The number of aryl methyl sites for hydroxylation is 1. The molecular formula is C30H36ClN3O4S. The number of carbonyl (C=O) groups is 2. The second-order valence-corrected chi connectivity index (χ2v) is 11.8. The van der Waals surface area contributed by atoms with E-state index in [1.54, 1.807) is 60.7 Å². The summed E-state index contributed by atoms with van der Waals surface area (Å²) in [6.07, 6.45) is 1.08. The Bertz CT molecular complexity index is 1360. The fourth-order valence-corrected chi connectivity index (χ4v) is 5.74. The number of carbonyl (C=O) groups excluding carboxylic acids is 2. The molecule has 3 aromatic carbocycles. The lowest BCUT2D eigenvalue weighted by atomic mass is 10.1. The summed E-state index contributed by atoms with van der Waals surface area (Å²) in [6, 6.07) is 21.2. The van der Waals surface area contributed by atoms with Crippen molar-refractivity contribution in [3.63, 3.8) is 0 Å². The molecule has 208 valence electrons. The zero-order valence-corrected chi connectivity index (χ0v) is 24.4. The van der Waals surface area contributed by atoms with Crippen molar-refractivity contribution in [3.8, 4) is 0 Å². The Balaban J connectivity index is 2.04. The van der Waals surface area contributed by atoms with Gasteiger partial charge >= 0.3 is 0 Å². The van der Waals surface area contributed by atoms with E-state index in [0.717, 1.165) is 16.3 Å². The molecule has 3 aromatic rings. The number of hydrogen-bond donors (Lipinski definition) is 1. The average molecular weight is 570 g/mol. The van der Waals surface area contributed by atoms with Crippen molar-refractivity contribution in [1.82, 2.24) is 10.2 Å². The summed E-state index contributed by atoms with van der Waals surface area (Å²) in [6.45, 7) is 7.13. The molecule has 0 spiro atoms. The second kappa shape index (κ2) is 13.6. The number of sulfonamides is 1. The van der Waals surface area contributed by atoms with Crippen LogP contribution in [0.15, 0.2) is 83.8 Å². The zero-order chi connectivity index (χ0) is 28.6. The van der Waals surface area contributed by atoms with Gasteiger partial charge in [0.15, 0.2) is 0 Å². The van der Waals surface area contributed by atoms with E-state index in [9.17, 15) is 18.0 Å². The molecule has 0 saturated heterocycles. The molecule has 7 nitrogen and oxygen atoms in total. The number of nitrogens with one attached hydrogen (secondary N) is 1. The highest BCUT2D eigenvalue weighted by atomic mass is 35.5. The first-order chi connectivity index (χ1) is 18.6. The lowest BCUT2D eigenvalue weighted by Gasteiger charge is -2.34. The van der Waals surface area contributed by atoms with Crippen molar-refractivity contribution in [2.45, 2.75) is 64.1 Å². The molecule has 1 N–H and O–H groups in total. The van der Waals surface area contributed by atoms with Crippen molar-refractivity contribution >= 4 is 39.1 Å². The fourth-order valence-electron chi connectivity index (χ4n) is 4.13. The topological polar surface area (TPSA) is 86.8 Å². The lowest BCUT2D eigenvalue weighted by Crippen LogP contribution is -2.53. The summed E-state index contributed by atoms with van der Waals surface area (Å²) in [7, 11) is -4.10. The standard InChI is InChI=1S/C30H36ClN3O4S/c1-5-23(4)32-30(36)28(6-2)33(20-24-12-10-11-15-27(24)31)29(35)21-34(25-13-8-7-9-14-25)39(37,38)26-18-16-22(3)17-19-26/h7-19,23,28H,5-6,20-21H2,1-4H3,(H,32,36)/t23-,28+/m1/s1. The Kier molecular flexibility index (Phi) is 10.5. The van der Waals surface area contributed by atoms with Gasteiger partial charge in [0.05, 0.1) is 10.6 Å². The lowest BCUT2D eigenvalue weighted by molar-refractivity contribution is -0.140. The molecule has 0 aliphatic rings. The van der Waals surface area contributed by atoms with Crippen LogP contribution in [-0.4, -0.2) is 43.8 Å². The van der Waals surface area contributed by atoms with E-state index >= 15 is 0 Å². The van der Waals surface area contributed by atoms with Gasteiger partial charge in [-0.3, -0.25) is 13.9 Å². The van der Waals surface area contributed by atoms with Crippen LogP contribution >= 0.6 is 11.6 Å². The molecule has 0 radical (unpaired) electrons. The van der Waals surface area contributed by atoms with E-state index in [4.69, 9.17) is 11.6 Å². The molecule has 0 heterocycles. The maximum absolute atomic E-state index is 14.0. The number of nitrogens with zero attached hydrogens (tertiary/aromatic N) is 2. The van der Waals surface area contributed by atoms with Gasteiger partial charge in [0, 0.05) is 17.6 Å². The van der Waals surface area contributed by atoms with E-state index < -0.39 is 28.5 Å². The fraction of sp³-hybridized carbons (Fsp3) is 0.333. The Morgan fingerprint density at radius 3 is 2.10 bits per heavy atom. The largest absolute Gasteiger partial charge is 0.352 e. The molecule has 2 atom stereocenters. The maximum Gasteiger partial charge on any atom is 0.264 e. The van der Waals surface area contributed by atoms with Gasteiger partial charge in [-0.05, 0) is 62.6 Å². The minimum Gasteiger partial charge on any atom is -0.352 e. The molecule has 9 heteroatoms. The molecule has 0 aliphatic carbocycles. The number of amides is 2. The third-order valence-corrected chi connectivity index (χ3v) is 8.77. The van der Waals surface area contributed by atoms with E-state index in [2.05, 4.69) is 5.32 Å². The van der Waals surface area contributed by atoms with Crippen molar-refractivity contribution in [2.75, 3.05) is 10.8 Å². The highest BCUT2D eigenvalue weighted by Gasteiger charge is 2.34. The smallest absolute Gasteiger partial charge is 0.264 e. The Labute approximate surface area is 236 Å². The van der Waals surface area contributed by atoms with Gasteiger partial charge in [0.25, 0.3) is 10.0 Å². The van der Waals surface area contributed by atoms with Gasteiger partial charge in [0.2, 0.25) is 11.8 Å². The number of benzene rings is 3. The molecule has 0 saturated carbocycles. The zero-order valence-electron chi connectivity index (χ0n) is 22.8. The first kappa shape index (κ1) is 30.2. The van der Waals surface area contributed by atoms with E-state index in [0.29, 0.717) is 22.7 Å². The van der Waals surface area contributed by atoms with Gasteiger partial charge in [-0.25, -0.2) is 8.42 Å². The molecule has 3 rings (SSSR count). The summed E-state index contributed by atoms with van der Waals surface area (Å²) < 4.78 is 28.8. The maximum atomic E-state index is 14.0. The van der Waals surface area contributed by atoms with Crippen LogP contribution in [0.5, 0.6) is 0 Å². The molecule has 0 aliphatic heterocycles. The van der Waals surface area contributed by atoms with Crippen LogP contribution in [0.4, 0.5) is 5.69 Å². The predicted octanol–water partition coefficient (Wildman–Crippen LogP) is 5.57. The molecule has 39 heavy (non-hydrogen) atoms. The van der Waals surface area contributed by atoms with E-state index in [1.807, 2.05) is 33.8 Å². The second-order valence-electron chi connectivity index (χ2n) is 9.52. The van der Waals surface area contributed by atoms with Crippen LogP contribution in [0.3, 0.4) is 0 Å². The number of hydrogen-bond acceptors (Lipinski definition) is 4. The number of rotatable bonds is 12. The molecule has 0 fully saturated rings. The van der Waals surface area contributed by atoms with Crippen LogP contribution in [0.2, 0.25) is 5.02 Å². The van der Waals surface area contributed by atoms with Gasteiger partial charge in [0.1, 0.15) is 12.6 Å². The van der Waals surface area contributed by atoms with Gasteiger partial charge in [-0.15, -0.1) is 0 Å².